The molecule has 1 aromatic heterocycles. The van der Waals surface area contributed by atoms with Gasteiger partial charge in [0.15, 0.2) is 23.2 Å². The van der Waals surface area contributed by atoms with Gasteiger partial charge >= 0.3 is 6.36 Å². The molecule has 0 radical (unpaired) electrons. The molecule has 0 saturated heterocycles. The van der Waals surface area contributed by atoms with E-state index < -0.39 is 35.3 Å². The number of nitrogens with zero attached hydrogens (tertiary/aromatic N) is 1. The van der Waals surface area contributed by atoms with E-state index in [-0.39, 0.29) is 16.8 Å². The van der Waals surface area contributed by atoms with Crippen LogP contribution in [-0.4, -0.2) is 21.8 Å². The van der Waals surface area contributed by atoms with Gasteiger partial charge in [0, 0.05) is 35.7 Å². The highest BCUT2D eigenvalue weighted by molar-refractivity contribution is 6.09. The lowest BCUT2D eigenvalue weighted by atomic mass is 10.1. The van der Waals surface area contributed by atoms with Crippen molar-refractivity contribution in [1.29, 1.82) is 0 Å². The van der Waals surface area contributed by atoms with E-state index in [1.165, 1.54) is 35.2 Å². The summed E-state index contributed by atoms with van der Waals surface area (Å²) in [6.07, 6.45) is -2.16. The first-order valence-electron chi connectivity index (χ1n) is 7.41. The zero-order chi connectivity index (χ0) is 19.8. The van der Waals surface area contributed by atoms with Gasteiger partial charge in [0.25, 0.3) is 0 Å². The third-order valence-corrected chi connectivity index (χ3v) is 3.60. The van der Waals surface area contributed by atoms with Gasteiger partial charge in [-0.3, -0.25) is 4.79 Å². The monoisotopic (exact) mass is 383 g/mol. The van der Waals surface area contributed by atoms with Crippen LogP contribution in [0.15, 0.2) is 54.9 Å². The molecule has 27 heavy (non-hydrogen) atoms. The topological polar surface area (TPSA) is 51.5 Å². The number of ether oxygens (including phenoxy) is 1. The summed E-state index contributed by atoms with van der Waals surface area (Å²) in [4.78, 5) is 12.4. The Bertz CT molecular complexity index is 970. The van der Waals surface area contributed by atoms with Crippen LogP contribution in [0.4, 0.5) is 22.0 Å². The Morgan fingerprint density at radius 2 is 1.56 bits per heavy atom. The molecule has 140 valence electrons. The average molecular weight is 383 g/mol. The van der Waals surface area contributed by atoms with Crippen LogP contribution in [0.3, 0.4) is 0 Å². The predicted octanol–water partition coefficient (Wildman–Crippen LogP) is 4.59. The van der Waals surface area contributed by atoms with E-state index >= 15 is 0 Å². The molecule has 0 fully saturated rings. The van der Waals surface area contributed by atoms with E-state index in [0.717, 1.165) is 24.3 Å². The van der Waals surface area contributed by atoms with Gasteiger partial charge in [-0.05, 0) is 30.3 Å². The van der Waals surface area contributed by atoms with Gasteiger partial charge in [0.05, 0.1) is 5.69 Å². The normalized spacial score (nSPS) is 11.4. The minimum Gasteiger partial charge on any atom is -0.503 e. The third kappa shape index (κ3) is 4.08. The average Bonchev–Trinajstić information content (AvgIpc) is 3.08. The van der Waals surface area contributed by atoms with Crippen LogP contribution in [0.1, 0.15) is 15.9 Å². The Morgan fingerprint density at radius 3 is 2.11 bits per heavy atom. The van der Waals surface area contributed by atoms with E-state index in [1.54, 1.807) is 0 Å². The number of carbonyl (C=O) groups excluding carboxylic acids is 1. The standard InChI is InChI=1S/C18H10F5NO3/c19-14-7-12(8-15(20)17(14)26)24-6-5-11(9-24)16(25)10-1-3-13(4-2-10)27-18(21,22)23/h1-9,26H. The summed E-state index contributed by atoms with van der Waals surface area (Å²) in [6, 6.07) is 7.49. The molecular formula is C18H10F5NO3. The Morgan fingerprint density at radius 1 is 0.963 bits per heavy atom. The number of ketones is 1. The van der Waals surface area contributed by atoms with Crippen LogP contribution < -0.4 is 4.74 Å². The van der Waals surface area contributed by atoms with Crippen LogP contribution in [-0.2, 0) is 0 Å². The summed E-state index contributed by atoms with van der Waals surface area (Å²) in [6.45, 7) is 0. The molecule has 0 aliphatic carbocycles. The maximum Gasteiger partial charge on any atom is 0.573 e. The van der Waals surface area contributed by atoms with Crippen LogP contribution >= 0.6 is 0 Å². The van der Waals surface area contributed by atoms with Crippen molar-refractivity contribution in [1.82, 2.24) is 4.57 Å². The Balaban J connectivity index is 1.83. The lowest BCUT2D eigenvalue weighted by Crippen LogP contribution is -2.17. The van der Waals surface area contributed by atoms with Crippen molar-refractivity contribution in [3.63, 3.8) is 0 Å². The summed E-state index contributed by atoms with van der Waals surface area (Å²) in [7, 11) is 0. The Labute approximate surface area is 149 Å². The molecule has 2 aromatic carbocycles. The molecule has 0 aliphatic heterocycles. The third-order valence-electron chi connectivity index (χ3n) is 3.60. The maximum atomic E-state index is 13.4. The zero-order valence-corrected chi connectivity index (χ0v) is 13.3. The van der Waals surface area contributed by atoms with E-state index in [2.05, 4.69) is 4.74 Å². The fraction of sp³-hybridized carbons (Fsp3) is 0.0556. The number of phenolic OH excluding ortho intramolecular Hbond substituents is 1. The SMILES string of the molecule is O=C(c1ccc(OC(F)(F)F)cc1)c1ccn(-c2cc(F)c(O)c(F)c2)c1. The second-order valence-electron chi connectivity index (χ2n) is 5.47. The minimum atomic E-state index is -4.84. The maximum absolute atomic E-state index is 13.4. The highest BCUT2D eigenvalue weighted by Gasteiger charge is 2.31. The molecule has 9 heteroatoms. The molecule has 4 nitrogen and oxygen atoms in total. The predicted molar refractivity (Wildman–Crippen MR) is 83.9 cm³/mol. The number of alkyl halides is 3. The van der Waals surface area contributed by atoms with Gasteiger partial charge in [-0.1, -0.05) is 0 Å². The lowest BCUT2D eigenvalue weighted by molar-refractivity contribution is -0.274. The van der Waals surface area contributed by atoms with Crippen molar-refractivity contribution < 1.29 is 36.6 Å². The van der Waals surface area contributed by atoms with Gasteiger partial charge in [0.1, 0.15) is 5.75 Å². The minimum absolute atomic E-state index is 0.0378. The number of aromatic nitrogens is 1. The highest BCUT2D eigenvalue weighted by atomic mass is 19.4. The first-order valence-corrected chi connectivity index (χ1v) is 7.41. The van der Waals surface area contributed by atoms with Gasteiger partial charge < -0.3 is 14.4 Å². The van der Waals surface area contributed by atoms with Crippen molar-refractivity contribution in [3.8, 4) is 17.2 Å². The van der Waals surface area contributed by atoms with Crippen LogP contribution in [0.2, 0.25) is 0 Å². The molecule has 0 atom stereocenters. The summed E-state index contributed by atoms with van der Waals surface area (Å²) in [5, 5.41) is 9.12. The largest absolute Gasteiger partial charge is 0.573 e. The summed E-state index contributed by atoms with van der Waals surface area (Å²) < 4.78 is 68.3. The molecule has 0 bridgehead atoms. The van der Waals surface area contributed by atoms with Gasteiger partial charge in [-0.25, -0.2) is 8.78 Å². The molecule has 0 aliphatic rings. The summed E-state index contributed by atoms with van der Waals surface area (Å²) in [5.41, 5.74) is 0.287. The number of halogens is 5. The van der Waals surface area contributed by atoms with Gasteiger partial charge in [-0.2, -0.15) is 0 Å². The van der Waals surface area contributed by atoms with Crippen LogP contribution in [0.25, 0.3) is 5.69 Å². The first-order chi connectivity index (χ1) is 12.6. The van der Waals surface area contributed by atoms with Gasteiger partial charge in [-0.15, -0.1) is 13.2 Å². The fourth-order valence-corrected chi connectivity index (χ4v) is 2.37. The number of aromatic hydroxyl groups is 1. The quantitative estimate of drug-likeness (QED) is 0.530. The Kier molecular flexibility index (Phi) is 4.61. The molecule has 0 unspecified atom stereocenters. The number of hydrogen-bond acceptors (Lipinski definition) is 3. The van der Waals surface area contributed by atoms with Crippen molar-refractivity contribution in [3.05, 3.63) is 77.6 Å². The lowest BCUT2D eigenvalue weighted by Gasteiger charge is -2.08. The molecule has 0 spiro atoms. The molecule has 0 saturated carbocycles. The molecule has 3 aromatic rings. The number of hydrogen-bond donors (Lipinski definition) is 1. The zero-order valence-electron chi connectivity index (χ0n) is 13.3. The van der Waals surface area contributed by atoms with Crippen LogP contribution in [0.5, 0.6) is 11.5 Å². The molecule has 0 amide bonds. The fourth-order valence-electron chi connectivity index (χ4n) is 2.37. The number of benzene rings is 2. The second-order valence-corrected chi connectivity index (χ2v) is 5.47. The van der Waals surface area contributed by atoms with Crippen molar-refractivity contribution in [2.75, 3.05) is 0 Å². The van der Waals surface area contributed by atoms with E-state index in [4.69, 9.17) is 5.11 Å². The number of phenols is 1. The molecular weight excluding hydrogens is 373 g/mol. The second kappa shape index (κ2) is 6.75. The molecule has 3 rings (SSSR count). The van der Waals surface area contributed by atoms with Gasteiger partial charge in [0.2, 0.25) is 0 Å². The molecule has 1 heterocycles. The van der Waals surface area contributed by atoms with Crippen molar-refractivity contribution >= 4 is 5.78 Å². The Hall–Kier alpha value is -3.36. The van der Waals surface area contributed by atoms with E-state index in [1.807, 2.05) is 0 Å². The van der Waals surface area contributed by atoms with Crippen molar-refractivity contribution in [2.45, 2.75) is 6.36 Å². The first kappa shape index (κ1) is 18.4. The summed E-state index contributed by atoms with van der Waals surface area (Å²) >= 11 is 0. The molecule has 1 N–H and O–H groups in total. The number of rotatable bonds is 4. The van der Waals surface area contributed by atoms with Crippen LogP contribution in [0, 0.1) is 11.6 Å². The number of carbonyl (C=O) groups is 1. The summed E-state index contributed by atoms with van der Waals surface area (Å²) in [5.74, 6) is -4.40. The van der Waals surface area contributed by atoms with E-state index in [9.17, 15) is 26.7 Å². The highest BCUT2D eigenvalue weighted by Crippen LogP contribution is 2.25. The van der Waals surface area contributed by atoms with Crippen molar-refractivity contribution in [2.24, 2.45) is 0 Å². The van der Waals surface area contributed by atoms with E-state index in [0.29, 0.717) is 0 Å². The smallest absolute Gasteiger partial charge is 0.503 e.